The van der Waals surface area contributed by atoms with Crippen LogP contribution in [0.2, 0.25) is 0 Å². The smallest absolute Gasteiger partial charge is 0.160 e. The second-order valence-corrected chi connectivity index (χ2v) is 14.5. The number of rotatable bonds is 7. The Hall–Kier alpha value is -7.67. The minimum Gasteiger partial charge on any atom is -0.228 e. The van der Waals surface area contributed by atoms with Crippen molar-refractivity contribution >= 4 is 0 Å². The highest BCUT2D eigenvalue weighted by Gasteiger charge is 2.46. The maximum Gasteiger partial charge on any atom is 0.160 e. The van der Waals surface area contributed by atoms with Gasteiger partial charge < -0.3 is 0 Å². The van der Waals surface area contributed by atoms with Gasteiger partial charge >= 0.3 is 0 Å². The lowest BCUT2D eigenvalue weighted by Crippen LogP contribution is -2.28. The van der Waals surface area contributed by atoms with Crippen molar-refractivity contribution in [3.05, 3.63) is 240 Å². The summed E-state index contributed by atoms with van der Waals surface area (Å²) in [4.78, 5) is 10.3. The third-order valence-electron chi connectivity index (χ3n) is 11.2. The van der Waals surface area contributed by atoms with Gasteiger partial charge in [0.25, 0.3) is 0 Å². The first kappa shape index (κ1) is 33.9. The first-order valence-electron chi connectivity index (χ1n) is 19.2. The van der Waals surface area contributed by atoms with Crippen molar-refractivity contribution in [2.24, 2.45) is 0 Å². The van der Waals surface area contributed by atoms with Crippen LogP contribution < -0.4 is 0 Å². The van der Waals surface area contributed by atoms with E-state index in [-0.39, 0.29) is 0 Å². The van der Waals surface area contributed by atoms with Crippen LogP contribution in [-0.4, -0.2) is 9.97 Å². The van der Waals surface area contributed by atoms with Crippen molar-refractivity contribution in [1.82, 2.24) is 9.97 Å². The third kappa shape index (κ3) is 5.92. The normalized spacial score (nSPS) is 12.3. The zero-order valence-corrected chi connectivity index (χ0v) is 31.0. The predicted molar refractivity (Wildman–Crippen MR) is 231 cm³/mol. The van der Waals surface area contributed by atoms with Gasteiger partial charge in [0.2, 0.25) is 0 Å². The van der Waals surface area contributed by atoms with Crippen molar-refractivity contribution < 1.29 is 0 Å². The Morgan fingerprint density at radius 1 is 0.351 bits per heavy atom. The van der Waals surface area contributed by atoms with E-state index in [2.05, 4.69) is 188 Å². The van der Waals surface area contributed by atoms with E-state index in [0.717, 1.165) is 61.5 Å². The van der Waals surface area contributed by atoms with Crippen LogP contribution in [0.4, 0.5) is 0 Å². The molecule has 0 bridgehead atoms. The quantitative estimate of drug-likeness (QED) is 0.164. The van der Waals surface area contributed by atoms with E-state index in [1.165, 1.54) is 22.3 Å². The van der Waals surface area contributed by atoms with Gasteiger partial charge in [0, 0.05) is 16.7 Å². The third-order valence-corrected chi connectivity index (χ3v) is 11.2. The van der Waals surface area contributed by atoms with Crippen LogP contribution in [0.15, 0.2) is 212 Å². The van der Waals surface area contributed by atoms with E-state index in [9.17, 15) is 5.26 Å². The number of aromatic nitrogens is 2. The standard InChI is InChI=1S/C54H35N3/c55-36-37-27-30-49-48(31-37)47-29-28-42(34-50(47)54(49,45-23-9-3-10-24-45)46-25-11-4-12-26-46)41-20-14-22-44(33-41)52-35-51(56-53(57-52)39-17-7-2-8-18-39)43-21-13-19-40(32-43)38-15-5-1-6-16-38/h1-35H. The molecule has 266 valence electrons. The van der Waals surface area contributed by atoms with Crippen molar-refractivity contribution in [2.45, 2.75) is 5.41 Å². The van der Waals surface area contributed by atoms with Gasteiger partial charge in [-0.1, -0.05) is 176 Å². The highest BCUT2D eigenvalue weighted by molar-refractivity contribution is 5.89. The average Bonchev–Trinajstić information content (AvgIpc) is 3.59. The number of fused-ring (bicyclic) bond motifs is 3. The molecule has 3 heteroatoms. The van der Waals surface area contributed by atoms with Gasteiger partial charge in [-0.25, -0.2) is 9.97 Å². The van der Waals surface area contributed by atoms with E-state index < -0.39 is 5.41 Å². The molecular weight excluding hydrogens is 691 g/mol. The summed E-state index contributed by atoms with van der Waals surface area (Å²) in [5, 5.41) is 9.96. The molecular formula is C54H35N3. The predicted octanol–water partition coefficient (Wildman–Crippen LogP) is 13.0. The Balaban J connectivity index is 1.13. The second-order valence-electron chi connectivity index (χ2n) is 14.5. The molecule has 0 spiro atoms. The maximum atomic E-state index is 9.96. The van der Waals surface area contributed by atoms with E-state index in [0.29, 0.717) is 11.4 Å². The fraction of sp³-hybridized carbons (Fsp3) is 0.0185. The Bertz CT molecular complexity index is 2910. The monoisotopic (exact) mass is 725 g/mol. The molecule has 0 N–H and O–H groups in total. The van der Waals surface area contributed by atoms with Crippen LogP contribution in [0, 0.1) is 11.3 Å². The van der Waals surface area contributed by atoms with Gasteiger partial charge in [-0.05, 0) is 92.0 Å². The van der Waals surface area contributed by atoms with Crippen molar-refractivity contribution in [3.8, 4) is 73.4 Å². The molecule has 0 saturated heterocycles. The lowest BCUT2D eigenvalue weighted by molar-refractivity contribution is 0.768. The molecule has 0 aliphatic heterocycles. The topological polar surface area (TPSA) is 49.6 Å². The number of benzene rings is 8. The van der Waals surface area contributed by atoms with Crippen LogP contribution in [0.1, 0.15) is 27.8 Å². The van der Waals surface area contributed by atoms with Crippen molar-refractivity contribution in [3.63, 3.8) is 0 Å². The van der Waals surface area contributed by atoms with Crippen molar-refractivity contribution in [1.29, 1.82) is 5.26 Å². The molecule has 0 atom stereocenters. The Morgan fingerprint density at radius 3 is 1.42 bits per heavy atom. The number of nitriles is 1. The molecule has 1 aliphatic carbocycles. The Labute approximate surface area is 332 Å². The highest BCUT2D eigenvalue weighted by atomic mass is 14.9. The molecule has 3 nitrogen and oxygen atoms in total. The summed E-state index contributed by atoms with van der Waals surface area (Å²) in [5.41, 5.74) is 16.3. The molecule has 0 amide bonds. The Morgan fingerprint density at radius 2 is 0.842 bits per heavy atom. The van der Waals surface area contributed by atoms with Crippen LogP contribution in [0.25, 0.3) is 67.3 Å². The highest BCUT2D eigenvalue weighted by Crippen LogP contribution is 2.57. The molecule has 0 radical (unpaired) electrons. The zero-order chi connectivity index (χ0) is 38.2. The summed E-state index contributed by atoms with van der Waals surface area (Å²) in [7, 11) is 0. The molecule has 1 heterocycles. The second kappa shape index (κ2) is 14.2. The molecule has 9 aromatic rings. The summed E-state index contributed by atoms with van der Waals surface area (Å²) < 4.78 is 0. The fourth-order valence-corrected chi connectivity index (χ4v) is 8.55. The number of nitrogens with zero attached hydrogens (tertiary/aromatic N) is 3. The van der Waals surface area contributed by atoms with Crippen molar-refractivity contribution in [2.75, 3.05) is 0 Å². The van der Waals surface area contributed by atoms with Crippen LogP contribution in [-0.2, 0) is 5.41 Å². The van der Waals surface area contributed by atoms with Gasteiger partial charge in [-0.3, -0.25) is 0 Å². The van der Waals surface area contributed by atoms with Gasteiger partial charge in [0.1, 0.15) is 0 Å². The largest absolute Gasteiger partial charge is 0.228 e. The summed E-state index contributed by atoms with van der Waals surface area (Å²) >= 11 is 0. The summed E-state index contributed by atoms with van der Waals surface area (Å²) in [5.74, 6) is 0.682. The fourth-order valence-electron chi connectivity index (χ4n) is 8.55. The van der Waals surface area contributed by atoms with Crippen LogP contribution >= 0.6 is 0 Å². The van der Waals surface area contributed by atoms with Crippen LogP contribution in [0.5, 0.6) is 0 Å². The summed E-state index contributed by atoms with van der Waals surface area (Å²) in [6.07, 6.45) is 0. The Kier molecular flexibility index (Phi) is 8.43. The first-order valence-corrected chi connectivity index (χ1v) is 19.2. The molecule has 8 aromatic carbocycles. The molecule has 1 aliphatic rings. The summed E-state index contributed by atoms with van der Waals surface area (Å²) in [6.45, 7) is 0. The van der Waals surface area contributed by atoms with E-state index in [4.69, 9.17) is 9.97 Å². The molecule has 0 fully saturated rings. The van der Waals surface area contributed by atoms with Crippen LogP contribution in [0.3, 0.4) is 0 Å². The molecule has 57 heavy (non-hydrogen) atoms. The number of hydrogen-bond donors (Lipinski definition) is 0. The molecule has 0 unspecified atom stereocenters. The zero-order valence-electron chi connectivity index (χ0n) is 31.0. The first-order chi connectivity index (χ1) is 28.2. The lowest BCUT2D eigenvalue weighted by Gasteiger charge is -2.34. The molecule has 0 saturated carbocycles. The molecule has 1 aromatic heterocycles. The van der Waals surface area contributed by atoms with Gasteiger partial charge in [0.05, 0.1) is 28.4 Å². The van der Waals surface area contributed by atoms with E-state index in [1.807, 2.05) is 30.3 Å². The number of hydrogen-bond acceptors (Lipinski definition) is 3. The van der Waals surface area contributed by atoms with Gasteiger partial charge in [0.15, 0.2) is 5.82 Å². The SMILES string of the molecule is N#Cc1ccc2c(c1)-c1ccc(-c3cccc(-c4cc(-c5cccc(-c6ccccc6)c5)nc(-c5ccccc5)n4)c3)cc1C2(c1ccccc1)c1ccccc1. The molecule has 10 rings (SSSR count). The lowest BCUT2D eigenvalue weighted by atomic mass is 9.67. The van der Waals surface area contributed by atoms with E-state index in [1.54, 1.807) is 0 Å². The summed E-state index contributed by atoms with van der Waals surface area (Å²) in [6, 6.07) is 76.9. The minimum atomic E-state index is -0.574. The average molecular weight is 726 g/mol. The maximum absolute atomic E-state index is 9.96. The van der Waals surface area contributed by atoms with Gasteiger partial charge in [-0.2, -0.15) is 5.26 Å². The van der Waals surface area contributed by atoms with Gasteiger partial charge in [-0.15, -0.1) is 0 Å². The van der Waals surface area contributed by atoms with E-state index >= 15 is 0 Å². The minimum absolute atomic E-state index is 0.574.